The van der Waals surface area contributed by atoms with Gasteiger partial charge in [-0.2, -0.15) is 0 Å². The Morgan fingerprint density at radius 2 is 1.16 bits per heavy atom. The van der Waals surface area contributed by atoms with Crippen LogP contribution in [-0.4, -0.2) is 114 Å². The first-order valence-electron chi connectivity index (χ1n) is 16.4. The number of hydrogen-bond acceptors (Lipinski definition) is 13. The summed E-state index contributed by atoms with van der Waals surface area (Å²) in [6.45, 7) is 6.72. The molecule has 270 valence electrons. The van der Waals surface area contributed by atoms with Crippen molar-refractivity contribution in [3.8, 4) is 23.0 Å². The van der Waals surface area contributed by atoms with E-state index in [-0.39, 0.29) is 11.5 Å². The van der Waals surface area contributed by atoms with Gasteiger partial charge in [0.2, 0.25) is 0 Å². The molecular formula is C35H43N3O11S. The van der Waals surface area contributed by atoms with Gasteiger partial charge in [0.1, 0.15) is 23.0 Å². The van der Waals surface area contributed by atoms with Gasteiger partial charge in [-0.25, -0.2) is 4.79 Å². The van der Waals surface area contributed by atoms with E-state index in [1.807, 2.05) is 0 Å². The highest BCUT2D eigenvalue weighted by Crippen LogP contribution is 2.57. The van der Waals surface area contributed by atoms with Gasteiger partial charge in [-0.15, -0.1) is 0 Å². The summed E-state index contributed by atoms with van der Waals surface area (Å²) in [7, 11) is 0. The SMILES string of the molecule is NCCOCCOCCOCCOCCOCCOCCNC(=S)Nc1ccc2c(c1)C(=O)OC21c2ccc(O)cc2Oc2cc(O)ccc21. The lowest BCUT2D eigenvalue weighted by molar-refractivity contribution is -0.0161. The van der Waals surface area contributed by atoms with Gasteiger partial charge in [-0.3, -0.25) is 0 Å². The van der Waals surface area contributed by atoms with Crippen molar-refractivity contribution in [2.45, 2.75) is 5.60 Å². The number of nitrogens with one attached hydrogen (secondary N) is 2. The molecule has 2 aliphatic rings. The molecule has 0 saturated carbocycles. The summed E-state index contributed by atoms with van der Waals surface area (Å²) in [6.07, 6.45) is 0. The van der Waals surface area contributed by atoms with Gasteiger partial charge >= 0.3 is 5.97 Å². The van der Waals surface area contributed by atoms with Gasteiger partial charge in [0.05, 0.1) is 84.8 Å². The summed E-state index contributed by atoms with van der Waals surface area (Å²) in [4.78, 5) is 13.3. The number of anilines is 1. The number of aromatic hydroxyl groups is 2. The van der Waals surface area contributed by atoms with E-state index in [1.165, 1.54) is 24.3 Å². The highest BCUT2D eigenvalue weighted by molar-refractivity contribution is 7.80. The fourth-order valence-corrected chi connectivity index (χ4v) is 5.70. The van der Waals surface area contributed by atoms with Crippen LogP contribution in [0, 0.1) is 0 Å². The number of carbonyl (C=O) groups excluding carboxylic acids is 1. The molecule has 0 aliphatic carbocycles. The van der Waals surface area contributed by atoms with E-state index in [2.05, 4.69) is 10.6 Å². The van der Waals surface area contributed by atoms with Crippen LogP contribution in [0.25, 0.3) is 0 Å². The number of phenolic OH excluding ortho intramolecular Hbond substituents is 2. The maximum atomic E-state index is 13.3. The number of thiocarbonyl (C=S) groups is 1. The first-order valence-corrected chi connectivity index (χ1v) is 16.8. The van der Waals surface area contributed by atoms with Crippen molar-refractivity contribution in [2.24, 2.45) is 5.73 Å². The Bertz CT molecular complexity index is 1540. The molecule has 6 N–H and O–H groups in total. The van der Waals surface area contributed by atoms with Crippen LogP contribution in [0.1, 0.15) is 27.0 Å². The number of hydrogen-bond donors (Lipinski definition) is 5. The topological polar surface area (TPSA) is 181 Å². The Morgan fingerprint density at radius 1 is 0.680 bits per heavy atom. The molecule has 0 saturated heterocycles. The van der Waals surface area contributed by atoms with Crippen LogP contribution in [-0.2, 0) is 38.8 Å². The number of benzene rings is 3. The Morgan fingerprint density at radius 3 is 1.68 bits per heavy atom. The summed E-state index contributed by atoms with van der Waals surface area (Å²) in [5.41, 5.74) is 6.67. The van der Waals surface area contributed by atoms with E-state index in [1.54, 1.807) is 30.3 Å². The maximum absolute atomic E-state index is 13.3. The third kappa shape index (κ3) is 9.58. The molecule has 0 amide bonds. The zero-order chi connectivity index (χ0) is 35.2. The van der Waals surface area contributed by atoms with Crippen molar-refractivity contribution in [2.75, 3.05) is 97.7 Å². The van der Waals surface area contributed by atoms with E-state index in [0.29, 0.717) is 137 Å². The fourth-order valence-electron chi connectivity index (χ4n) is 5.48. The largest absolute Gasteiger partial charge is 0.508 e. The Labute approximate surface area is 295 Å². The van der Waals surface area contributed by atoms with Crippen molar-refractivity contribution in [1.82, 2.24) is 5.32 Å². The molecular weight excluding hydrogens is 670 g/mol. The highest BCUT2D eigenvalue weighted by Gasteiger charge is 2.53. The van der Waals surface area contributed by atoms with Gasteiger partial charge in [-0.05, 0) is 48.6 Å². The number of rotatable bonds is 21. The first-order chi connectivity index (χ1) is 24.4. The molecule has 1 spiro atoms. The van der Waals surface area contributed by atoms with Crippen LogP contribution in [0.15, 0.2) is 54.6 Å². The highest BCUT2D eigenvalue weighted by atomic mass is 32.1. The molecule has 3 aromatic rings. The standard InChI is InChI=1S/C35H43N3O11S/c36-7-9-42-11-13-44-15-17-46-19-20-47-18-16-45-14-12-43-10-8-37-34(50)38-24-1-4-28-27(21-24)33(41)49-35(28)29-5-2-25(39)22-31(29)48-32-23-26(40)3-6-30(32)35/h1-6,21-23,39-40H,7-20,36H2,(H2,37,38,50). The van der Waals surface area contributed by atoms with E-state index in [0.717, 1.165) is 0 Å². The molecule has 0 fully saturated rings. The lowest BCUT2D eigenvalue weighted by Crippen LogP contribution is -2.33. The monoisotopic (exact) mass is 713 g/mol. The summed E-state index contributed by atoms with van der Waals surface area (Å²) in [5.74, 6) is 0.0836. The zero-order valence-electron chi connectivity index (χ0n) is 27.6. The van der Waals surface area contributed by atoms with Crippen molar-refractivity contribution in [1.29, 1.82) is 0 Å². The predicted octanol–water partition coefficient (Wildman–Crippen LogP) is 3.01. The minimum atomic E-state index is -1.33. The number of nitrogens with two attached hydrogens (primary N) is 1. The number of fused-ring (bicyclic) bond motifs is 6. The van der Waals surface area contributed by atoms with Crippen molar-refractivity contribution < 1.29 is 52.9 Å². The Kier molecular flexibility index (Phi) is 14.0. The summed E-state index contributed by atoms with van der Waals surface area (Å²) >= 11 is 5.44. The third-order valence-electron chi connectivity index (χ3n) is 7.69. The van der Waals surface area contributed by atoms with Gasteiger partial charge < -0.3 is 64.5 Å². The minimum absolute atomic E-state index is 0.00873. The van der Waals surface area contributed by atoms with Crippen molar-refractivity contribution in [3.05, 3.63) is 76.9 Å². The summed E-state index contributed by atoms with van der Waals surface area (Å²) in [6, 6.07) is 14.5. The maximum Gasteiger partial charge on any atom is 0.340 e. The number of ether oxygens (including phenoxy) is 8. The molecule has 15 heteroatoms. The molecule has 5 rings (SSSR count). The summed E-state index contributed by atoms with van der Waals surface area (Å²) < 4.78 is 44.7. The van der Waals surface area contributed by atoms with Gasteiger partial charge in [-0.1, -0.05) is 6.07 Å². The fraction of sp³-hybridized carbons (Fsp3) is 0.429. The molecule has 2 aliphatic heterocycles. The van der Waals surface area contributed by atoms with Crippen LogP contribution in [0.5, 0.6) is 23.0 Å². The number of esters is 1. The van der Waals surface area contributed by atoms with Gasteiger partial charge in [0.25, 0.3) is 0 Å². The third-order valence-corrected chi connectivity index (χ3v) is 7.93. The molecule has 3 aromatic carbocycles. The van der Waals surface area contributed by atoms with Gasteiger partial charge in [0.15, 0.2) is 10.7 Å². The molecule has 0 radical (unpaired) electrons. The molecule has 0 atom stereocenters. The Hall–Kier alpha value is -4.06. The van der Waals surface area contributed by atoms with E-state index < -0.39 is 11.6 Å². The molecule has 2 heterocycles. The van der Waals surface area contributed by atoms with Crippen LogP contribution in [0.3, 0.4) is 0 Å². The second-order valence-corrected chi connectivity index (χ2v) is 11.5. The van der Waals surface area contributed by atoms with Crippen LogP contribution in [0.4, 0.5) is 5.69 Å². The Balaban J connectivity index is 0.971. The molecule has 0 bridgehead atoms. The molecule has 50 heavy (non-hydrogen) atoms. The molecule has 14 nitrogen and oxygen atoms in total. The second kappa shape index (κ2) is 18.8. The normalized spacial score (nSPS) is 13.7. The summed E-state index contributed by atoms with van der Waals surface area (Å²) in [5, 5.41) is 26.8. The van der Waals surface area contributed by atoms with E-state index in [4.69, 9.17) is 55.8 Å². The number of carbonyl (C=O) groups is 1. The van der Waals surface area contributed by atoms with Crippen LogP contribution < -0.4 is 21.1 Å². The number of phenols is 2. The second-order valence-electron chi connectivity index (χ2n) is 11.1. The van der Waals surface area contributed by atoms with Crippen molar-refractivity contribution in [3.63, 3.8) is 0 Å². The van der Waals surface area contributed by atoms with E-state index >= 15 is 0 Å². The average molecular weight is 714 g/mol. The van der Waals surface area contributed by atoms with Crippen LogP contribution in [0.2, 0.25) is 0 Å². The molecule has 0 unspecified atom stereocenters. The first kappa shape index (κ1) is 37.2. The predicted molar refractivity (Wildman–Crippen MR) is 186 cm³/mol. The minimum Gasteiger partial charge on any atom is -0.508 e. The quantitative estimate of drug-likeness (QED) is 0.0617. The van der Waals surface area contributed by atoms with E-state index in [9.17, 15) is 15.0 Å². The molecule has 0 aromatic heterocycles. The zero-order valence-corrected chi connectivity index (χ0v) is 28.5. The average Bonchev–Trinajstić information content (AvgIpc) is 3.38. The smallest absolute Gasteiger partial charge is 0.340 e. The van der Waals surface area contributed by atoms with Crippen LogP contribution >= 0.6 is 12.2 Å². The lowest BCUT2D eigenvalue weighted by atomic mass is 9.77. The lowest BCUT2D eigenvalue weighted by Gasteiger charge is -2.36. The van der Waals surface area contributed by atoms with Crippen molar-refractivity contribution >= 4 is 29.0 Å². The van der Waals surface area contributed by atoms with Gasteiger partial charge in [0, 0.05) is 47.6 Å².